The molecular formula is C12H15N5O. The fourth-order valence-electron chi connectivity index (χ4n) is 1.57. The van der Waals surface area contributed by atoms with E-state index in [2.05, 4.69) is 20.6 Å². The molecule has 94 valence electrons. The van der Waals surface area contributed by atoms with Gasteiger partial charge in [-0.15, -0.1) is 0 Å². The van der Waals surface area contributed by atoms with Crippen LogP contribution in [0.3, 0.4) is 0 Å². The van der Waals surface area contributed by atoms with Gasteiger partial charge in [0.1, 0.15) is 5.82 Å². The Kier molecular flexibility index (Phi) is 3.90. The van der Waals surface area contributed by atoms with Crippen molar-refractivity contribution in [2.75, 3.05) is 5.32 Å². The van der Waals surface area contributed by atoms with E-state index in [4.69, 9.17) is 0 Å². The van der Waals surface area contributed by atoms with Crippen LogP contribution in [0.15, 0.2) is 43.1 Å². The van der Waals surface area contributed by atoms with Crippen LogP contribution in [0.5, 0.6) is 0 Å². The van der Waals surface area contributed by atoms with Crippen molar-refractivity contribution >= 4 is 11.8 Å². The molecule has 2 aromatic rings. The summed E-state index contributed by atoms with van der Waals surface area (Å²) in [5.74, 6) is 0.532. The van der Waals surface area contributed by atoms with Crippen molar-refractivity contribution in [1.29, 1.82) is 0 Å². The summed E-state index contributed by atoms with van der Waals surface area (Å²) < 4.78 is 1.91. The predicted molar refractivity (Wildman–Crippen MR) is 68.1 cm³/mol. The van der Waals surface area contributed by atoms with Crippen LogP contribution in [0.2, 0.25) is 0 Å². The Morgan fingerprint density at radius 1 is 1.44 bits per heavy atom. The average Bonchev–Trinajstić information content (AvgIpc) is 2.82. The SMILES string of the molecule is C[C@H](Cn1ccnc1)NC(=O)Nc1ccccn1. The lowest BCUT2D eigenvalue weighted by Gasteiger charge is -2.14. The van der Waals surface area contributed by atoms with Crippen LogP contribution >= 0.6 is 0 Å². The van der Waals surface area contributed by atoms with Gasteiger partial charge in [0.05, 0.1) is 6.33 Å². The molecule has 0 aromatic carbocycles. The van der Waals surface area contributed by atoms with Crippen molar-refractivity contribution in [3.8, 4) is 0 Å². The molecule has 2 N–H and O–H groups in total. The van der Waals surface area contributed by atoms with Gasteiger partial charge in [0.25, 0.3) is 0 Å². The van der Waals surface area contributed by atoms with Crippen LogP contribution in [-0.2, 0) is 6.54 Å². The predicted octanol–water partition coefficient (Wildman–Crippen LogP) is 1.49. The molecule has 0 saturated carbocycles. The van der Waals surface area contributed by atoms with E-state index in [-0.39, 0.29) is 12.1 Å². The van der Waals surface area contributed by atoms with Crippen molar-refractivity contribution in [2.24, 2.45) is 0 Å². The zero-order valence-corrected chi connectivity index (χ0v) is 10.1. The second-order valence-corrected chi connectivity index (χ2v) is 3.97. The normalized spacial score (nSPS) is 11.8. The summed E-state index contributed by atoms with van der Waals surface area (Å²) in [6.45, 7) is 2.60. The molecule has 0 aliphatic rings. The van der Waals surface area contributed by atoms with Crippen molar-refractivity contribution in [3.63, 3.8) is 0 Å². The van der Waals surface area contributed by atoms with Gasteiger partial charge < -0.3 is 9.88 Å². The van der Waals surface area contributed by atoms with Crippen LogP contribution in [0.25, 0.3) is 0 Å². The van der Waals surface area contributed by atoms with E-state index in [1.807, 2.05) is 23.8 Å². The first-order chi connectivity index (χ1) is 8.74. The average molecular weight is 245 g/mol. The molecule has 2 aromatic heterocycles. The van der Waals surface area contributed by atoms with Crippen molar-refractivity contribution in [2.45, 2.75) is 19.5 Å². The van der Waals surface area contributed by atoms with E-state index in [1.54, 1.807) is 30.9 Å². The lowest BCUT2D eigenvalue weighted by atomic mass is 10.3. The first-order valence-corrected chi connectivity index (χ1v) is 5.68. The topological polar surface area (TPSA) is 71.8 Å². The number of carbonyl (C=O) groups excluding carboxylic acids is 1. The van der Waals surface area contributed by atoms with Gasteiger partial charge in [-0.05, 0) is 19.1 Å². The van der Waals surface area contributed by atoms with Gasteiger partial charge in [-0.3, -0.25) is 5.32 Å². The molecular weight excluding hydrogens is 230 g/mol. The number of hydrogen-bond donors (Lipinski definition) is 2. The third-order valence-electron chi connectivity index (χ3n) is 2.33. The second-order valence-electron chi connectivity index (χ2n) is 3.97. The molecule has 2 heterocycles. The standard InChI is InChI=1S/C12H15N5O/c1-10(8-17-7-6-13-9-17)15-12(18)16-11-4-2-3-5-14-11/h2-7,9-10H,8H2,1H3,(H2,14,15,16,18)/t10-/m1/s1. The minimum atomic E-state index is -0.263. The molecule has 0 saturated heterocycles. The summed E-state index contributed by atoms with van der Waals surface area (Å²) in [7, 11) is 0. The Balaban J connectivity index is 1.80. The van der Waals surface area contributed by atoms with Crippen LogP contribution in [0.4, 0.5) is 10.6 Å². The number of pyridine rings is 1. The Hall–Kier alpha value is -2.37. The minimum absolute atomic E-state index is 0.00270. The smallest absolute Gasteiger partial charge is 0.320 e. The molecule has 6 nitrogen and oxygen atoms in total. The Morgan fingerprint density at radius 2 is 2.33 bits per heavy atom. The molecule has 0 unspecified atom stereocenters. The van der Waals surface area contributed by atoms with Crippen molar-refractivity contribution in [1.82, 2.24) is 19.9 Å². The maximum absolute atomic E-state index is 11.7. The van der Waals surface area contributed by atoms with E-state index in [0.29, 0.717) is 12.4 Å². The van der Waals surface area contributed by atoms with E-state index >= 15 is 0 Å². The number of hydrogen-bond acceptors (Lipinski definition) is 3. The summed E-state index contributed by atoms with van der Waals surface area (Å²) in [6, 6.07) is 5.09. The van der Waals surface area contributed by atoms with Crippen LogP contribution < -0.4 is 10.6 Å². The maximum Gasteiger partial charge on any atom is 0.320 e. The number of nitrogens with one attached hydrogen (secondary N) is 2. The summed E-state index contributed by atoms with van der Waals surface area (Å²) >= 11 is 0. The highest BCUT2D eigenvalue weighted by molar-refractivity contribution is 5.88. The van der Waals surface area contributed by atoms with Gasteiger partial charge in [0.2, 0.25) is 0 Å². The molecule has 2 rings (SSSR count). The molecule has 2 amide bonds. The number of amides is 2. The number of urea groups is 1. The first kappa shape index (κ1) is 12.1. The van der Waals surface area contributed by atoms with E-state index in [1.165, 1.54) is 0 Å². The lowest BCUT2D eigenvalue weighted by molar-refractivity contribution is 0.248. The molecule has 0 spiro atoms. The van der Waals surface area contributed by atoms with Gasteiger partial charge in [-0.25, -0.2) is 14.8 Å². The van der Waals surface area contributed by atoms with Crippen LogP contribution in [0.1, 0.15) is 6.92 Å². The number of imidazole rings is 1. The molecule has 6 heteroatoms. The number of rotatable bonds is 4. The van der Waals surface area contributed by atoms with Gasteiger partial charge in [-0.1, -0.05) is 6.07 Å². The second kappa shape index (κ2) is 5.81. The molecule has 1 atom stereocenters. The van der Waals surface area contributed by atoms with Crippen molar-refractivity contribution in [3.05, 3.63) is 43.1 Å². The number of aromatic nitrogens is 3. The fraction of sp³-hybridized carbons (Fsp3) is 0.250. The van der Waals surface area contributed by atoms with Crippen LogP contribution in [0, 0.1) is 0 Å². The third-order valence-corrected chi connectivity index (χ3v) is 2.33. The van der Waals surface area contributed by atoms with Crippen molar-refractivity contribution < 1.29 is 4.79 Å². The highest BCUT2D eigenvalue weighted by Crippen LogP contribution is 1.99. The highest BCUT2D eigenvalue weighted by atomic mass is 16.2. The maximum atomic E-state index is 11.7. The Bertz CT molecular complexity index is 482. The molecule has 0 aliphatic carbocycles. The zero-order chi connectivity index (χ0) is 12.8. The number of carbonyl (C=O) groups is 1. The highest BCUT2D eigenvalue weighted by Gasteiger charge is 2.07. The molecule has 0 fully saturated rings. The third kappa shape index (κ3) is 3.58. The molecule has 18 heavy (non-hydrogen) atoms. The quantitative estimate of drug-likeness (QED) is 0.857. The lowest BCUT2D eigenvalue weighted by Crippen LogP contribution is -2.38. The monoisotopic (exact) mass is 245 g/mol. The van der Waals surface area contributed by atoms with Gasteiger partial charge in [-0.2, -0.15) is 0 Å². The van der Waals surface area contributed by atoms with Gasteiger partial charge in [0.15, 0.2) is 0 Å². The molecule has 0 aliphatic heterocycles. The van der Waals surface area contributed by atoms with E-state index in [0.717, 1.165) is 0 Å². The summed E-state index contributed by atoms with van der Waals surface area (Å²) in [4.78, 5) is 19.6. The minimum Gasteiger partial charge on any atom is -0.335 e. The molecule has 0 radical (unpaired) electrons. The largest absolute Gasteiger partial charge is 0.335 e. The summed E-state index contributed by atoms with van der Waals surface area (Å²) in [5, 5.41) is 5.49. The Labute approximate surface area is 105 Å². The fourth-order valence-corrected chi connectivity index (χ4v) is 1.57. The first-order valence-electron chi connectivity index (χ1n) is 5.68. The summed E-state index contributed by atoms with van der Waals surface area (Å²) in [6.07, 6.45) is 6.91. The van der Waals surface area contributed by atoms with Crippen LogP contribution in [-0.4, -0.2) is 26.6 Å². The van der Waals surface area contributed by atoms with Gasteiger partial charge in [0, 0.05) is 31.2 Å². The molecule has 0 bridgehead atoms. The van der Waals surface area contributed by atoms with E-state index < -0.39 is 0 Å². The summed E-state index contributed by atoms with van der Waals surface area (Å²) in [5.41, 5.74) is 0. The zero-order valence-electron chi connectivity index (χ0n) is 10.1. The number of anilines is 1. The van der Waals surface area contributed by atoms with Gasteiger partial charge >= 0.3 is 6.03 Å². The number of nitrogens with zero attached hydrogens (tertiary/aromatic N) is 3. The van der Waals surface area contributed by atoms with E-state index in [9.17, 15) is 4.79 Å². The Morgan fingerprint density at radius 3 is 3.00 bits per heavy atom.